The fraction of sp³-hybridized carbons (Fsp3) is 0.185. The van der Waals surface area contributed by atoms with E-state index in [1.807, 2.05) is 91.5 Å². The van der Waals surface area contributed by atoms with Crippen LogP contribution in [-0.4, -0.2) is 29.3 Å². The topological polar surface area (TPSA) is 67.5 Å². The molecule has 1 aliphatic rings. The molecule has 172 valence electrons. The third-order valence-electron chi connectivity index (χ3n) is 5.82. The van der Waals surface area contributed by atoms with Crippen LogP contribution in [0.15, 0.2) is 77.3 Å². The van der Waals surface area contributed by atoms with Crippen LogP contribution in [0.3, 0.4) is 0 Å². The molecule has 7 heteroatoms. The summed E-state index contributed by atoms with van der Waals surface area (Å²) >= 11 is 3.49. The maximum absolute atomic E-state index is 13.6. The smallest absolute Gasteiger partial charge is 0.277 e. The van der Waals surface area contributed by atoms with Gasteiger partial charge in [0, 0.05) is 21.3 Å². The lowest BCUT2D eigenvalue weighted by atomic mass is 9.95. The van der Waals surface area contributed by atoms with E-state index in [0.717, 1.165) is 44.0 Å². The molecule has 4 aromatic rings. The second kappa shape index (κ2) is 9.35. The van der Waals surface area contributed by atoms with Gasteiger partial charge < -0.3 is 9.47 Å². The van der Waals surface area contributed by atoms with Gasteiger partial charge in [-0.05, 0) is 80.1 Å². The van der Waals surface area contributed by atoms with E-state index in [-0.39, 0.29) is 11.9 Å². The molecular formula is C27H24BrN3O3. The number of aromatic amines is 1. The van der Waals surface area contributed by atoms with Crippen molar-refractivity contribution in [2.75, 3.05) is 18.1 Å². The predicted octanol–water partition coefficient (Wildman–Crippen LogP) is 6.39. The fourth-order valence-electron chi connectivity index (χ4n) is 4.34. The minimum atomic E-state index is -0.334. The summed E-state index contributed by atoms with van der Waals surface area (Å²) in [5, 5.41) is 7.56. The van der Waals surface area contributed by atoms with Crippen molar-refractivity contribution in [2.45, 2.75) is 19.9 Å². The van der Waals surface area contributed by atoms with Crippen LogP contribution in [0.4, 0.5) is 5.69 Å². The highest BCUT2D eigenvalue weighted by atomic mass is 79.9. The second-order valence-corrected chi connectivity index (χ2v) is 8.79. The Morgan fingerprint density at radius 3 is 2.06 bits per heavy atom. The first kappa shape index (κ1) is 22.2. The molecule has 0 spiro atoms. The Hall–Kier alpha value is -3.58. The zero-order valence-electron chi connectivity index (χ0n) is 18.9. The molecule has 6 nitrogen and oxygen atoms in total. The molecule has 0 saturated heterocycles. The van der Waals surface area contributed by atoms with Crippen LogP contribution in [0.1, 0.15) is 41.5 Å². The van der Waals surface area contributed by atoms with Gasteiger partial charge in [0.1, 0.15) is 17.2 Å². The van der Waals surface area contributed by atoms with Gasteiger partial charge in [-0.25, -0.2) is 0 Å². The molecule has 3 aromatic carbocycles. The highest BCUT2D eigenvalue weighted by molar-refractivity contribution is 9.10. The number of carbonyl (C=O) groups excluding carboxylic acids is 1. The number of amides is 1. The molecule has 1 N–H and O–H groups in total. The van der Waals surface area contributed by atoms with Crippen molar-refractivity contribution in [3.8, 4) is 22.8 Å². The highest BCUT2D eigenvalue weighted by Gasteiger charge is 2.43. The van der Waals surface area contributed by atoms with Crippen molar-refractivity contribution in [2.24, 2.45) is 0 Å². The molecule has 1 aliphatic heterocycles. The summed E-state index contributed by atoms with van der Waals surface area (Å²) in [6.45, 7) is 5.12. The molecule has 0 radical (unpaired) electrons. The average molecular weight is 518 g/mol. The summed E-state index contributed by atoms with van der Waals surface area (Å²) < 4.78 is 12.2. The molecule has 2 heterocycles. The van der Waals surface area contributed by atoms with E-state index < -0.39 is 0 Å². The number of carbonyl (C=O) groups is 1. The molecule has 0 bridgehead atoms. The van der Waals surface area contributed by atoms with Gasteiger partial charge in [0.15, 0.2) is 0 Å². The Morgan fingerprint density at radius 2 is 1.47 bits per heavy atom. The maximum atomic E-state index is 13.6. The first-order chi connectivity index (χ1) is 16.6. The van der Waals surface area contributed by atoms with Crippen LogP contribution in [0.25, 0.3) is 11.3 Å². The number of anilines is 1. The largest absolute Gasteiger partial charge is 0.494 e. The molecular weight excluding hydrogens is 494 g/mol. The number of rotatable bonds is 7. The number of hydrogen-bond acceptors (Lipinski definition) is 4. The van der Waals surface area contributed by atoms with Crippen LogP contribution in [0, 0.1) is 0 Å². The van der Waals surface area contributed by atoms with Crippen molar-refractivity contribution < 1.29 is 14.3 Å². The number of benzene rings is 3. The van der Waals surface area contributed by atoms with E-state index >= 15 is 0 Å². The van der Waals surface area contributed by atoms with Gasteiger partial charge in [0.05, 0.1) is 24.9 Å². The van der Waals surface area contributed by atoms with E-state index in [1.54, 1.807) is 0 Å². The summed E-state index contributed by atoms with van der Waals surface area (Å²) in [7, 11) is 0. The summed E-state index contributed by atoms with van der Waals surface area (Å²) in [5.74, 6) is 1.49. The number of aromatic nitrogens is 2. The van der Waals surface area contributed by atoms with Crippen molar-refractivity contribution in [1.82, 2.24) is 10.2 Å². The van der Waals surface area contributed by atoms with Crippen LogP contribution in [0.5, 0.6) is 11.5 Å². The van der Waals surface area contributed by atoms with Gasteiger partial charge in [-0.3, -0.25) is 14.8 Å². The van der Waals surface area contributed by atoms with Gasteiger partial charge in [-0.15, -0.1) is 0 Å². The Bertz CT molecular complexity index is 1300. The lowest BCUT2D eigenvalue weighted by molar-refractivity contribution is 0.0989. The normalized spacial score (nSPS) is 14.9. The minimum absolute atomic E-state index is 0.110. The zero-order chi connectivity index (χ0) is 23.7. The van der Waals surface area contributed by atoms with Gasteiger partial charge >= 0.3 is 0 Å². The number of fused-ring (bicyclic) bond motifs is 1. The summed E-state index contributed by atoms with van der Waals surface area (Å²) in [4.78, 5) is 15.4. The Balaban J connectivity index is 1.63. The zero-order valence-corrected chi connectivity index (χ0v) is 20.5. The fourth-order valence-corrected chi connectivity index (χ4v) is 4.60. The van der Waals surface area contributed by atoms with Crippen LogP contribution >= 0.6 is 15.9 Å². The highest BCUT2D eigenvalue weighted by Crippen LogP contribution is 2.45. The Labute approximate surface area is 206 Å². The summed E-state index contributed by atoms with van der Waals surface area (Å²) in [5.41, 5.74) is 4.83. The molecule has 1 unspecified atom stereocenters. The number of halogens is 1. The third-order valence-corrected chi connectivity index (χ3v) is 6.35. The second-order valence-electron chi connectivity index (χ2n) is 7.87. The quantitative estimate of drug-likeness (QED) is 0.308. The van der Waals surface area contributed by atoms with Crippen LogP contribution in [-0.2, 0) is 0 Å². The van der Waals surface area contributed by atoms with E-state index in [9.17, 15) is 4.79 Å². The molecule has 0 aliphatic carbocycles. The molecule has 1 amide bonds. The number of nitrogens with zero attached hydrogens (tertiary/aromatic N) is 2. The Kier molecular flexibility index (Phi) is 6.11. The summed E-state index contributed by atoms with van der Waals surface area (Å²) in [6, 6.07) is 23.1. The molecule has 0 saturated carbocycles. The number of ether oxygens (including phenoxy) is 2. The molecule has 0 fully saturated rings. The average Bonchev–Trinajstić information content (AvgIpc) is 3.40. The first-order valence-corrected chi connectivity index (χ1v) is 12.0. The number of H-pyrrole nitrogens is 1. The van der Waals surface area contributed by atoms with Crippen molar-refractivity contribution in [3.63, 3.8) is 0 Å². The third kappa shape index (κ3) is 3.96. The van der Waals surface area contributed by atoms with Gasteiger partial charge in [-0.2, -0.15) is 5.10 Å². The van der Waals surface area contributed by atoms with Gasteiger partial charge in [0.25, 0.3) is 5.91 Å². The first-order valence-electron chi connectivity index (χ1n) is 11.2. The summed E-state index contributed by atoms with van der Waals surface area (Å²) in [6.07, 6.45) is 0. The SMILES string of the molecule is CCOc1ccc(-c2n[nH]c3c2C(c2ccc(OCC)cc2)N(c2ccc(Br)cc2)C3=O)cc1. The lowest BCUT2D eigenvalue weighted by Gasteiger charge is -2.26. The van der Waals surface area contributed by atoms with Gasteiger partial charge in [0.2, 0.25) is 0 Å². The van der Waals surface area contributed by atoms with E-state index in [4.69, 9.17) is 9.47 Å². The van der Waals surface area contributed by atoms with Gasteiger partial charge in [-0.1, -0.05) is 28.1 Å². The monoisotopic (exact) mass is 517 g/mol. The molecule has 5 rings (SSSR count). The molecule has 34 heavy (non-hydrogen) atoms. The molecule has 1 atom stereocenters. The van der Waals surface area contributed by atoms with Crippen molar-refractivity contribution in [1.29, 1.82) is 0 Å². The lowest BCUT2D eigenvalue weighted by Crippen LogP contribution is -2.29. The van der Waals surface area contributed by atoms with E-state index in [0.29, 0.717) is 18.9 Å². The van der Waals surface area contributed by atoms with Crippen molar-refractivity contribution in [3.05, 3.63) is 94.1 Å². The number of nitrogens with one attached hydrogen (secondary N) is 1. The minimum Gasteiger partial charge on any atom is -0.494 e. The van der Waals surface area contributed by atoms with Crippen LogP contribution < -0.4 is 14.4 Å². The maximum Gasteiger partial charge on any atom is 0.277 e. The van der Waals surface area contributed by atoms with E-state index in [2.05, 4.69) is 26.1 Å². The van der Waals surface area contributed by atoms with E-state index in [1.165, 1.54) is 0 Å². The predicted molar refractivity (Wildman–Crippen MR) is 136 cm³/mol. The standard InChI is InChI=1S/C27H24BrN3O3/c1-3-33-21-13-5-17(6-14-21)24-23-25(30-29-24)27(32)31(20-11-9-19(28)10-12-20)26(23)18-7-15-22(16-8-18)34-4-2/h5-16,26H,3-4H2,1-2H3,(H,29,30). The molecule has 1 aromatic heterocycles. The Morgan fingerprint density at radius 1 is 0.882 bits per heavy atom. The van der Waals surface area contributed by atoms with Crippen molar-refractivity contribution >= 4 is 27.5 Å². The van der Waals surface area contributed by atoms with Crippen LogP contribution in [0.2, 0.25) is 0 Å². The number of hydrogen-bond donors (Lipinski definition) is 1.